The molecule has 86 valence electrons. The third-order valence-electron chi connectivity index (χ3n) is 2.29. The first-order chi connectivity index (χ1) is 7.88. The van der Waals surface area contributed by atoms with Crippen LogP contribution in [0.4, 0.5) is 5.69 Å². The number of thioether (sulfide) groups is 1. The molecule has 1 saturated heterocycles. The lowest BCUT2D eigenvalue weighted by atomic mass is 10.3. The summed E-state index contributed by atoms with van der Waals surface area (Å²) in [5, 5.41) is 11.8. The van der Waals surface area contributed by atoms with Crippen molar-refractivity contribution < 1.29 is 4.74 Å². The van der Waals surface area contributed by atoms with Crippen LogP contribution in [0.2, 0.25) is 0 Å². The van der Waals surface area contributed by atoms with Gasteiger partial charge in [-0.15, -0.1) is 0 Å². The number of nitrogens with one attached hydrogen (secondary N) is 1. The maximum atomic E-state index is 5.08. The fraction of sp³-hybridized carbons (Fsp3) is 0.455. The Hall–Kier alpha value is -1.07. The number of methoxy groups -OCH3 is 1. The minimum atomic E-state index is 0.154. The molecule has 1 aromatic carbocycles. The van der Waals surface area contributed by atoms with E-state index in [1.165, 1.54) is 0 Å². The first-order valence-corrected chi connectivity index (χ1v) is 6.40. The predicted octanol–water partition coefficient (Wildman–Crippen LogP) is 2.44. The molecular formula is C11H15N3OS. The van der Waals surface area contributed by atoms with Crippen LogP contribution >= 0.6 is 11.8 Å². The minimum Gasteiger partial charge on any atom is -0.497 e. The van der Waals surface area contributed by atoms with Crippen molar-refractivity contribution in [2.45, 2.75) is 6.17 Å². The highest BCUT2D eigenvalue weighted by atomic mass is 32.2. The Morgan fingerprint density at radius 2 is 2.19 bits per heavy atom. The first-order valence-electron chi connectivity index (χ1n) is 5.24. The van der Waals surface area contributed by atoms with Crippen LogP contribution in [0, 0.1) is 0 Å². The van der Waals surface area contributed by atoms with Gasteiger partial charge in [0.25, 0.3) is 0 Å². The van der Waals surface area contributed by atoms with Crippen LogP contribution in [-0.4, -0.2) is 31.3 Å². The fourth-order valence-electron chi connectivity index (χ4n) is 1.41. The van der Waals surface area contributed by atoms with Crippen molar-refractivity contribution in [3.05, 3.63) is 24.3 Å². The fourth-order valence-corrected chi connectivity index (χ4v) is 2.25. The molecule has 1 N–H and O–H groups in total. The monoisotopic (exact) mass is 237 g/mol. The van der Waals surface area contributed by atoms with E-state index in [0.29, 0.717) is 0 Å². The van der Waals surface area contributed by atoms with Gasteiger partial charge in [-0.25, -0.2) is 0 Å². The topological polar surface area (TPSA) is 46.0 Å². The van der Waals surface area contributed by atoms with Crippen LogP contribution in [0.3, 0.4) is 0 Å². The summed E-state index contributed by atoms with van der Waals surface area (Å²) < 4.78 is 5.08. The summed E-state index contributed by atoms with van der Waals surface area (Å²) in [7, 11) is 1.65. The average molecular weight is 237 g/mol. The Bertz CT molecular complexity index is 347. The quantitative estimate of drug-likeness (QED) is 0.821. The highest BCUT2D eigenvalue weighted by molar-refractivity contribution is 7.99. The Morgan fingerprint density at radius 3 is 2.81 bits per heavy atom. The predicted molar refractivity (Wildman–Crippen MR) is 66.6 cm³/mol. The maximum Gasteiger partial charge on any atom is 0.130 e. The van der Waals surface area contributed by atoms with Gasteiger partial charge in [-0.05, 0) is 24.3 Å². The molecule has 1 heterocycles. The summed E-state index contributed by atoms with van der Waals surface area (Å²) in [6, 6.07) is 7.57. The van der Waals surface area contributed by atoms with Crippen molar-refractivity contribution >= 4 is 17.4 Å². The third kappa shape index (κ3) is 3.21. The molecule has 1 aliphatic rings. The maximum absolute atomic E-state index is 5.08. The van der Waals surface area contributed by atoms with Gasteiger partial charge in [-0.3, -0.25) is 5.32 Å². The first kappa shape index (κ1) is 11.4. The van der Waals surface area contributed by atoms with E-state index in [-0.39, 0.29) is 6.17 Å². The van der Waals surface area contributed by atoms with Gasteiger partial charge < -0.3 is 4.74 Å². The van der Waals surface area contributed by atoms with Gasteiger partial charge >= 0.3 is 0 Å². The van der Waals surface area contributed by atoms with Crippen molar-refractivity contribution in [1.82, 2.24) is 5.32 Å². The molecule has 0 radical (unpaired) electrons. The van der Waals surface area contributed by atoms with Gasteiger partial charge in [-0.2, -0.15) is 22.0 Å². The highest BCUT2D eigenvalue weighted by Crippen LogP contribution is 2.19. The average Bonchev–Trinajstić information content (AvgIpc) is 2.38. The van der Waals surface area contributed by atoms with E-state index < -0.39 is 0 Å². The molecule has 16 heavy (non-hydrogen) atoms. The van der Waals surface area contributed by atoms with Crippen molar-refractivity contribution in [1.29, 1.82) is 0 Å². The van der Waals surface area contributed by atoms with E-state index in [1.807, 2.05) is 36.0 Å². The summed E-state index contributed by atoms with van der Waals surface area (Å²) in [5.41, 5.74) is 0.859. The molecule has 0 bridgehead atoms. The molecule has 0 saturated carbocycles. The number of azo groups is 1. The van der Waals surface area contributed by atoms with Crippen molar-refractivity contribution in [2.75, 3.05) is 25.2 Å². The number of hydrogen-bond donors (Lipinski definition) is 1. The lowest BCUT2D eigenvalue weighted by Crippen LogP contribution is -2.35. The van der Waals surface area contributed by atoms with Crippen molar-refractivity contribution in [2.24, 2.45) is 10.2 Å². The molecule has 1 atom stereocenters. The molecule has 2 rings (SSSR count). The van der Waals surface area contributed by atoms with Crippen LogP contribution in [0.15, 0.2) is 34.5 Å². The second-order valence-electron chi connectivity index (χ2n) is 3.46. The van der Waals surface area contributed by atoms with E-state index in [2.05, 4.69) is 15.5 Å². The van der Waals surface area contributed by atoms with Crippen LogP contribution in [-0.2, 0) is 0 Å². The number of nitrogens with zero attached hydrogens (tertiary/aromatic N) is 2. The summed E-state index contributed by atoms with van der Waals surface area (Å²) in [5.74, 6) is 3.00. The van der Waals surface area contributed by atoms with Crippen LogP contribution in [0.25, 0.3) is 0 Å². The second kappa shape index (κ2) is 5.86. The Kier molecular flexibility index (Phi) is 4.18. The molecule has 1 aromatic rings. The number of hydrogen-bond acceptors (Lipinski definition) is 5. The summed E-state index contributed by atoms with van der Waals surface area (Å²) in [4.78, 5) is 0. The molecular weight excluding hydrogens is 222 g/mol. The van der Waals surface area contributed by atoms with Crippen molar-refractivity contribution in [3.8, 4) is 5.75 Å². The normalized spacial score (nSPS) is 21.2. The number of rotatable bonds is 3. The van der Waals surface area contributed by atoms with Crippen LogP contribution in [0.5, 0.6) is 5.75 Å². The largest absolute Gasteiger partial charge is 0.497 e. The molecule has 1 aliphatic heterocycles. The molecule has 1 unspecified atom stereocenters. The second-order valence-corrected chi connectivity index (χ2v) is 4.61. The highest BCUT2D eigenvalue weighted by Gasteiger charge is 2.10. The molecule has 0 amide bonds. The standard InChI is InChI=1S/C11H15N3OS/c1-15-10-4-2-9(3-5-10)13-14-11-8-16-7-6-12-11/h2-5,11-12H,6-8H2,1H3. The van der Waals surface area contributed by atoms with E-state index in [0.717, 1.165) is 29.5 Å². The van der Waals surface area contributed by atoms with E-state index in [4.69, 9.17) is 4.74 Å². The Morgan fingerprint density at radius 1 is 1.38 bits per heavy atom. The van der Waals surface area contributed by atoms with Gasteiger partial charge in [0.2, 0.25) is 0 Å². The molecule has 5 heteroatoms. The minimum absolute atomic E-state index is 0.154. The van der Waals surface area contributed by atoms with E-state index >= 15 is 0 Å². The Balaban J connectivity index is 1.94. The number of benzene rings is 1. The zero-order valence-corrected chi connectivity index (χ0v) is 10.0. The van der Waals surface area contributed by atoms with Gasteiger partial charge in [0, 0.05) is 18.1 Å². The molecule has 0 aliphatic carbocycles. The molecule has 0 spiro atoms. The van der Waals surface area contributed by atoms with Crippen molar-refractivity contribution in [3.63, 3.8) is 0 Å². The summed E-state index contributed by atoms with van der Waals surface area (Å²) in [6.45, 7) is 1.01. The summed E-state index contributed by atoms with van der Waals surface area (Å²) in [6.07, 6.45) is 0.154. The van der Waals surface area contributed by atoms with E-state index in [1.54, 1.807) is 7.11 Å². The molecule has 0 aromatic heterocycles. The van der Waals surface area contributed by atoms with E-state index in [9.17, 15) is 0 Å². The Labute approximate surface area is 99.5 Å². The SMILES string of the molecule is COc1ccc(N=NC2CSCCN2)cc1. The zero-order chi connectivity index (χ0) is 11.2. The lowest BCUT2D eigenvalue weighted by molar-refractivity contribution is 0.415. The lowest BCUT2D eigenvalue weighted by Gasteiger charge is -2.17. The van der Waals surface area contributed by atoms with Gasteiger partial charge in [0.1, 0.15) is 11.9 Å². The van der Waals surface area contributed by atoms with Crippen LogP contribution < -0.4 is 10.1 Å². The molecule has 4 nitrogen and oxygen atoms in total. The molecule has 1 fully saturated rings. The van der Waals surface area contributed by atoms with Gasteiger partial charge in [-0.1, -0.05) is 0 Å². The summed E-state index contributed by atoms with van der Waals surface area (Å²) >= 11 is 1.91. The van der Waals surface area contributed by atoms with Crippen LogP contribution in [0.1, 0.15) is 0 Å². The number of ether oxygens (including phenoxy) is 1. The van der Waals surface area contributed by atoms with Gasteiger partial charge in [0.15, 0.2) is 0 Å². The smallest absolute Gasteiger partial charge is 0.130 e. The third-order valence-corrected chi connectivity index (χ3v) is 3.33. The zero-order valence-electron chi connectivity index (χ0n) is 9.22. The van der Waals surface area contributed by atoms with Gasteiger partial charge in [0.05, 0.1) is 12.8 Å².